The van der Waals surface area contributed by atoms with E-state index >= 15 is 0 Å². The summed E-state index contributed by atoms with van der Waals surface area (Å²) < 4.78 is 0. The van der Waals surface area contributed by atoms with Gasteiger partial charge in [-0.2, -0.15) is 0 Å². The summed E-state index contributed by atoms with van der Waals surface area (Å²) in [7, 11) is 0. The Hall–Kier alpha value is -2.58. The van der Waals surface area contributed by atoms with Gasteiger partial charge in [-0.15, -0.1) is 0 Å². The molecule has 8 nitrogen and oxygen atoms in total. The maximum absolute atomic E-state index is 13.1. The van der Waals surface area contributed by atoms with Crippen LogP contribution in [0.4, 0.5) is 0 Å². The van der Waals surface area contributed by atoms with Crippen molar-refractivity contribution in [2.45, 2.75) is 57.2 Å². The van der Waals surface area contributed by atoms with E-state index in [9.17, 15) is 19.2 Å². The highest BCUT2D eigenvalue weighted by molar-refractivity contribution is 6.23. The number of nitrogens with one attached hydrogen (secondary N) is 2. The van der Waals surface area contributed by atoms with Crippen molar-refractivity contribution in [3.05, 3.63) is 34.9 Å². The molecule has 4 amide bonds. The fourth-order valence-corrected chi connectivity index (χ4v) is 5.60. The minimum Gasteiger partial charge on any atom is -0.316 e. The van der Waals surface area contributed by atoms with E-state index in [1.165, 1.54) is 25.7 Å². The van der Waals surface area contributed by atoms with Crippen LogP contribution in [0.1, 0.15) is 64.8 Å². The van der Waals surface area contributed by atoms with E-state index in [1.807, 2.05) is 12.1 Å². The van der Waals surface area contributed by atoms with Crippen LogP contribution in [0, 0.1) is 5.92 Å². The number of amides is 4. The van der Waals surface area contributed by atoms with Gasteiger partial charge in [-0.25, -0.2) is 0 Å². The zero-order valence-electron chi connectivity index (χ0n) is 17.6. The average Bonchev–Trinajstić information content (AvgIpc) is 3.37. The molecular formula is C23H28N4O4. The van der Waals surface area contributed by atoms with E-state index < -0.39 is 23.8 Å². The average molecular weight is 425 g/mol. The van der Waals surface area contributed by atoms with Crippen LogP contribution in [-0.2, 0) is 16.1 Å². The van der Waals surface area contributed by atoms with Gasteiger partial charge in [0.2, 0.25) is 11.8 Å². The Labute approximate surface area is 181 Å². The number of nitrogens with zero attached hydrogens (tertiary/aromatic N) is 2. The van der Waals surface area contributed by atoms with E-state index in [1.54, 1.807) is 6.07 Å². The fraction of sp³-hybridized carbons (Fsp3) is 0.565. The van der Waals surface area contributed by atoms with Gasteiger partial charge in [0.05, 0.1) is 11.1 Å². The van der Waals surface area contributed by atoms with Crippen LogP contribution in [0.15, 0.2) is 18.2 Å². The predicted molar refractivity (Wildman–Crippen MR) is 112 cm³/mol. The number of fused-ring (bicyclic) bond motifs is 1. The summed E-state index contributed by atoms with van der Waals surface area (Å²) in [6, 6.07) is 5.09. The van der Waals surface area contributed by atoms with Gasteiger partial charge >= 0.3 is 0 Å². The molecular weight excluding hydrogens is 396 g/mol. The molecule has 2 N–H and O–H groups in total. The quantitative estimate of drug-likeness (QED) is 0.701. The standard InChI is InChI=1S/C23H28N4O4/c28-20-7-6-19(21(29)25-20)27-22(30)16-5-4-14(11-17(16)23(27)31)13-26-10-2-1-3-18(26)15-8-9-24-12-15/h4-5,11,15,18-19,24H,1-3,6-10,12-13H2,(H,25,28,29). The number of piperidine rings is 2. The summed E-state index contributed by atoms with van der Waals surface area (Å²) in [6.07, 6.45) is 5.16. The van der Waals surface area contributed by atoms with Gasteiger partial charge < -0.3 is 5.32 Å². The van der Waals surface area contributed by atoms with Crippen molar-refractivity contribution in [2.24, 2.45) is 5.92 Å². The molecule has 0 radical (unpaired) electrons. The normalized spacial score (nSPS) is 29.4. The maximum atomic E-state index is 13.1. The zero-order valence-corrected chi connectivity index (χ0v) is 17.6. The monoisotopic (exact) mass is 424 g/mol. The Morgan fingerprint density at radius 3 is 2.58 bits per heavy atom. The second-order valence-electron chi connectivity index (χ2n) is 9.11. The SMILES string of the molecule is O=C1CCC(N2C(=O)c3ccc(CN4CCCCC4C4CCNC4)cc3C2=O)C(=O)N1. The van der Waals surface area contributed by atoms with E-state index in [0.29, 0.717) is 23.1 Å². The third kappa shape index (κ3) is 3.68. The van der Waals surface area contributed by atoms with E-state index in [0.717, 1.165) is 36.6 Å². The highest BCUT2D eigenvalue weighted by atomic mass is 16.2. The van der Waals surface area contributed by atoms with Crippen molar-refractivity contribution in [1.82, 2.24) is 20.4 Å². The molecule has 0 aromatic heterocycles. The smallest absolute Gasteiger partial charge is 0.262 e. The molecule has 3 saturated heterocycles. The van der Waals surface area contributed by atoms with Gasteiger partial charge in [0.1, 0.15) is 6.04 Å². The molecule has 0 bridgehead atoms. The first kappa shape index (κ1) is 20.3. The van der Waals surface area contributed by atoms with Crippen molar-refractivity contribution in [3.63, 3.8) is 0 Å². The lowest BCUT2D eigenvalue weighted by Gasteiger charge is -2.39. The molecule has 4 aliphatic rings. The number of carbonyl (C=O) groups excluding carboxylic acids is 4. The molecule has 31 heavy (non-hydrogen) atoms. The summed E-state index contributed by atoms with van der Waals surface area (Å²) in [5, 5.41) is 5.71. The molecule has 3 atom stereocenters. The maximum Gasteiger partial charge on any atom is 0.262 e. The Morgan fingerprint density at radius 1 is 0.968 bits per heavy atom. The van der Waals surface area contributed by atoms with Gasteiger partial charge in [-0.1, -0.05) is 12.5 Å². The Bertz CT molecular complexity index is 940. The molecule has 0 aliphatic carbocycles. The van der Waals surface area contributed by atoms with Crippen LogP contribution in [-0.4, -0.2) is 65.1 Å². The number of imide groups is 2. The topological polar surface area (TPSA) is 98.8 Å². The Kier molecular flexibility index (Phi) is 5.35. The van der Waals surface area contributed by atoms with E-state index in [4.69, 9.17) is 0 Å². The van der Waals surface area contributed by atoms with Crippen LogP contribution in [0.5, 0.6) is 0 Å². The second kappa shape index (κ2) is 8.16. The lowest BCUT2D eigenvalue weighted by atomic mass is 9.89. The van der Waals surface area contributed by atoms with E-state index in [-0.39, 0.29) is 18.7 Å². The van der Waals surface area contributed by atoms with Gasteiger partial charge in [0, 0.05) is 19.0 Å². The first-order chi connectivity index (χ1) is 15.0. The Morgan fingerprint density at radius 2 is 1.81 bits per heavy atom. The fourth-order valence-electron chi connectivity index (χ4n) is 5.60. The highest BCUT2D eigenvalue weighted by Crippen LogP contribution is 2.31. The molecule has 1 aromatic rings. The minimum atomic E-state index is -0.921. The summed E-state index contributed by atoms with van der Waals surface area (Å²) in [4.78, 5) is 53.2. The molecule has 1 aromatic carbocycles. The molecule has 8 heteroatoms. The van der Waals surface area contributed by atoms with Crippen molar-refractivity contribution in [2.75, 3.05) is 19.6 Å². The molecule has 3 unspecified atom stereocenters. The first-order valence-electron chi connectivity index (χ1n) is 11.3. The zero-order chi connectivity index (χ0) is 21.5. The lowest BCUT2D eigenvalue weighted by Crippen LogP contribution is -2.54. The molecule has 164 valence electrons. The van der Waals surface area contributed by atoms with Crippen LogP contribution >= 0.6 is 0 Å². The number of rotatable bonds is 4. The predicted octanol–water partition coefficient (Wildman–Crippen LogP) is 1.05. The van der Waals surface area contributed by atoms with Crippen molar-refractivity contribution >= 4 is 23.6 Å². The van der Waals surface area contributed by atoms with Gasteiger partial charge in [-0.05, 0) is 68.9 Å². The highest BCUT2D eigenvalue weighted by Gasteiger charge is 2.44. The lowest BCUT2D eigenvalue weighted by molar-refractivity contribution is -0.136. The van der Waals surface area contributed by atoms with E-state index in [2.05, 4.69) is 15.5 Å². The number of hydrogen-bond acceptors (Lipinski definition) is 6. The number of benzene rings is 1. The Balaban J connectivity index is 1.35. The van der Waals surface area contributed by atoms with Crippen LogP contribution < -0.4 is 10.6 Å². The minimum absolute atomic E-state index is 0.126. The molecule has 0 saturated carbocycles. The summed E-state index contributed by atoms with van der Waals surface area (Å²) >= 11 is 0. The van der Waals surface area contributed by atoms with Crippen molar-refractivity contribution < 1.29 is 19.2 Å². The van der Waals surface area contributed by atoms with Crippen LogP contribution in [0.3, 0.4) is 0 Å². The molecule has 3 fully saturated rings. The van der Waals surface area contributed by atoms with Gasteiger partial charge in [0.25, 0.3) is 11.8 Å². The third-order valence-corrected chi connectivity index (χ3v) is 7.20. The summed E-state index contributed by atoms with van der Waals surface area (Å²) in [6.45, 7) is 3.96. The summed E-state index contributed by atoms with van der Waals surface area (Å²) in [5.41, 5.74) is 1.72. The second-order valence-corrected chi connectivity index (χ2v) is 9.11. The van der Waals surface area contributed by atoms with Crippen molar-refractivity contribution in [3.8, 4) is 0 Å². The molecule has 5 rings (SSSR count). The number of hydrogen-bond donors (Lipinski definition) is 2. The van der Waals surface area contributed by atoms with Gasteiger partial charge in [0.15, 0.2) is 0 Å². The summed E-state index contributed by atoms with van der Waals surface area (Å²) in [5.74, 6) is -1.16. The molecule has 4 aliphatic heterocycles. The largest absolute Gasteiger partial charge is 0.316 e. The molecule has 4 heterocycles. The molecule has 0 spiro atoms. The van der Waals surface area contributed by atoms with Crippen LogP contribution in [0.2, 0.25) is 0 Å². The van der Waals surface area contributed by atoms with Gasteiger partial charge in [-0.3, -0.25) is 34.3 Å². The van der Waals surface area contributed by atoms with Crippen LogP contribution in [0.25, 0.3) is 0 Å². The number of carbonyl (C=O) groups is 4. The number of likely N-dealkylation sites (tertiary alicyclic amines) is 1. The third-order valence-electron chi connectivity index (χ3n) is 7.20. The first-order valence-corrected chi connectivity index (χ1v) is 11.3. The van der Waals surface area contributed by atoms with Crippen molar-refractivity contribution in [1.29, 1.82) is 0 Å².